The Labute approximate surface area is 216 Å². The van der Waals surface area contributed by atoms with Crippen LogP contribution in [-0.2, 0) is 16.1 Å². The lowest BCUT2D eigenvalue weighted by atomic mass is 9.93. The van der Waals surface area contributed by atoms with E-state index in [4.69, 9.17) is 20.6 Å². The van der Waals surface area contributed by atoms with Crippen LogP contribution in [0.3, 0.4) is 0 Å². The van der Waals surface area contributed by atoms with Gasteiger partial charge >= 0.3 is 5.91 Å². The molecule has 1 aliphatic rings. The van der Waals surface area contributed by atoms with Gasteiger partial charge in [-0.2, -0.15) is 0 Å². The number of nitrogens with one attached hydrogen (secondary N) is 1. The molecule has 0 saturated heterocycles. The summed E-state index contributed by atoms with van der Waals surface area (Å²) in [4.78, 5) is 28.2. The first-order valence-electron chi connectivity index (χ1n) is 12.0. The van der Waals surface area contributed by atoms with Gasteiger partial charge in [0, 0.05) is 30.4 Å². The molecule has 1 saturated carbocycles. The molecular formula is C28H30N4O5. The maximum Gasteiger partial charge on any atom is 0.304 e. The van der Waals surface area contributed by atoms with Crippen molar-refractivity contribution < 1.29 is 23.8 Å². The zero-order valence-corrected chi connectivity index (χ0v) is 21.2. The number of terminal acetylenes is 1. The highest BCUT2D eigenvalue weighted by atomic mass is 16.5. The van der Waals surface area contributed by atoms with Crippen LogP contribution in [0.5, 0.6) is 17.2 Å². The first-order chi connectivity index (χ1) is 17.9. The van der Waals surface area contributed by atoms with Gasteiger partial charge in [0.15, 0.2) is 5.82 Å². The molecule has 192 valence electrons. The van der Waals surface area contributed by atoms with Crippen molar-refractivity contribution in [3.05, 3.63) is 60.3 Å². The Hall–Kier alpha value is -4.45. The zero-order chi connectivity index (χ0) is 26.4. The first kappa shape index (κ1) is 25.6. The van der Waals surface area contributed by atoms with Gasteiger partial charge in [-0.3, -0.25) is 14.5 Å². The summed E-state index contributed by atoms with van der Waals surface area (Å²) < 4.78 is 17.6. The van der Waals surface area contributed by atoms with Gasteiger partial charge in [-0.05, 0) is 55.2 Å². The number of nitrogens with zero attached hydrogens (tertiary/aromatic N) is 3. The topological polar surface area (TPSA) is 94.9 Å². The summed E-state index contributed by atoms with van der Waals surface area (Å²) in [5, 5.41) is 7.62. The molecule has 2 amide bonds. The average Bonchev–Trinajstić information content (AvgIpc) is 3.63. The lowest BCUT2D eigenvalue weighted by Crippen LogP contribution is -2.59. The van der Waals surface area contributed by atoms with Crippen molar-refractivity contribution in [3.8, 4) is 35.3 Å². The molecule has 1 heterocycles. The molecule has 1 aromatic heterocycles. The molecule has 9 nitrogen and oxygen atoms in total. The number of methoxy groups -OCH3 is 3. The number of hydrogen-bond acceptors (Lipinski definition) is 6. The summed E-state index contributed by atoms with van der Waals surface area (Å²) >= 11 is 0. The Morgan fingerprint density at radius 2 is 1.70 bits per heavy atom. The fraction of sp³-hybridized carbons (Fsp3) is 0.321. The van der Waals surface area contributed by atoms with Gasteiger partial charge in [0.1, 0.15) is 22.8 Å². The highest BCUT2D eigenvalue weighted by Crippen LogP contribution is 2.39. The van der Waals surface area contributed by atoms with E-state index >= 15 is 0 Å². The van der Waals surface area contributed by atoms with Gasteiger partial charge in [0.2, 0.25) is 5.91 Å². The SMILES string of the molecule is C#CC(=O)N(c1ccn(-c2ccc(OC)cc2)n1)C1(C(=O)NCc2ccc(OC)cc2OC)CCCC1. The molecule has 9 heteroatoms. The molecule has 1 aliphatic carbocycles. The Morgan fingerprint density at radius 1 is 1.03 bits per heavy atom. The molecule has 1 N–H and O–H groups in total. The smallest absolute Gasteiger partial charge is 0.304 e. The molecule has 4 rings (SSSR count). The number of aromatic nitrogens is 2. The van der Waals surface area contributed by atoms with E-state index < -0.39 is 11.4 Å². The summed E-state index contributed by atoms with van der Waals surface area (Å²) in [6, 6.07) is 14.4. The highest BCUT2D eigenvalue weighted by Gasteiger charge is 2.49. The third-order valence-electron chi connectivity index (χ3n) is 6.68. The largest absolute Gasteiger partial charge is 0.497 e. The number of rotatable bonds is 9. The Bertz CT molecular complexity index is 1300. The van der Waals surface area contributed by atoms with Gasteiger partial charge in [-0.25, -0.2) is 4.68 Å². The van der Waals surface area contributed by atoms with Crippen molar-refractivity contribution in [2.45, 2.75) is 37.8 Å². The second kappa shape index (κ2) is 11.1. The van der Waals surface area contributed by atoms with Crippen LogP contribution in [0.1, 0.15) is 31.2 Å². The van der Waals surface area contributed by atoms with Gasteiger partial charge < -0.3 is 19.5 Å². The minimum atomic E-state index is -1.15. The van der Waals surface area contributed by atoms with E-state index in [0.29, 0.717) is 30.2 Å². The van der Waals surface area contributed by atoms with Crippen LogP contribution < -0.4 is 24.4 Å². The number of anilines is 1. The summed E-state index contributed by atoms with van der Waals surface area (Å²) in [5.41, 5.74) is 0.405. The Kier molecular flexibility index (Phi) is 7.68. The molecule has 1 fully saturated rings. The van der Waals surface area contributed by atoms with E-state index in [0.717, 1.165) is 29.8 Å². The van der Waals surface area contributed by atoms with Crippen molar-refractivity contribution in [3.63, 3.8) is 0 Å². The summed E-state index contributed by atoms with van der Waals surface area (Å²) in [7, 11) is 4.74. The minimum absolute atomic E-state index is 0.214. The molecule has 0 radical (unpaired) electrons. The monoisotopic (exact) mass is 502 g/mol. The Morgan fingerprint density at radius 3 is 2.32 bits per heavy atom. The summed E-state index contributed by atoms with van der Waals surface area (Å²) in [6.07, 6.45) is 9.82. The number of amides is 2. The zero-order valence-electron chi connectivity index (χ0n) is 21.2. The quantitative estimate of drug-likeness (QED) is 0.450. The van der Waals surface area contributed by atoms with Crippen molar-refractivity contribution in [1.29, 1.82) is 0 Å². The molecule has 2 aromatic carbocycles. The van der Waals surface area contributed by atoms with Crippen molar-refractivity contribution >= 4 is 17.6 Å². The molecule has 0 bridgehead atoms. The first-order valence-corrected chi connectivity index (χ1v) is 12.0. The number of carbonyl (C=O) groups excluding carboxylic acids is 2. The number of benzene rings is 2. The normalized spacial score (nSPS) is 13.9. The molecular weight excluding hydrogens is 472 g/mol. The average molecular weight is 503 g/mol. The molecule has 0 aliphatic heterocycles. The van der Waals surface area contributed by atoms with Gasteiger partial charge in [-0.15, -0.1) is 11.5 Å². The van der Waals surface area contributed by atoms with Crippen LogP contribution in [0.4, 0.5) is 5.82 Å². The number of hydrogen-bond donors (Lipinski definition) is 1. The van der Waals surface area contributed by atoms with Crippen LogP contribution in [0.25, 0.3) is 5.69 Å². The van der Waals surface area contributed by atoms with E-state index in [9.17, 15) is 9.59 Å². The van der Waals surface area contributed by atoms with E-state index in [-0.39, 0.29) is 12.5 Å². The summed E-state index contributed by atoms with van der Waals surface area (Å²) in [6.45, 7) is 0.214. The molecule has 0 atom stereocenters. The van der Waals surface area contributed by atoms with E-state index in [2.05, 4.69) is 16.3 Å². The van der Waals surface area contributed by atoms with Crippen molar-refractivity contribution in [2.75, 3.05) is 26.2 Å². The van der Waals surface area contributed by atoms with Crippen LogP contribution >= 0.6 is 0 Å². The molecule has 3 aromatic rings. The van der Waals surface area contributed by atoms with Crippen LogP contribution in [0, 0.1) is 12.3 Å². The fourth-order valence-corrected chi connectivity index (χ4v) is 4.74. The van der Waals surface area contributed by atoms with E-state index in [1.807, 2.05) is 30.3 Å². The van der Waals surface area contributed by atoms with Gasteiger partial charge in [-0.1, -0.05) is 12.8 Å². The molecule has 37 heavy (non-hydrogen) atoms. The van der Waals surface area contributed by atoms with Crippen molar-refractivity contribution in [2.24, 2.45) is 0 Å². The Balaban J connectivity index is 1.63. The summed E-state index contributed by atoms with van der Waals surface area (Å²) in [5.74, 6) is 3.58. The third-order valence-corrected chi connectivity index (χ3v) is 6.68. The second-order valence-electron chi connectivity index (χ2n) is 8.70. The predicted octanol–water partition coefficient (Wildman–Crippen LogP) is 3.49. The highest BCUT2D eigenvalue weighted by molar-refractivity contribution is 6.10. The minimum Gasteiger partial charge on any atom is -0.497 e. The second-order valence-corrected chi connectivity index (χ2v) is 8.70. The van der Waals surface area contributed by atoms with Gasteiger partial charge in [0.25, 0.3) is 0 Å². The molecule has 0 spiro atoms. The predicted molar refractivity (Wildman–Crippen MR) is 139 cm³/mol. The van der Waals surface area contributed by atoms with Crippen LogP contribution in [0.2, 0.25) is 0 Å². The van der Waals surface area contributed by atoms with Crippen LogP contribution in [-0.4, -0.2) is 48.5 Å². The van der Waals surface area contributed by atoms with E-state index in [1.165, 1.54) is 4.90 Å². The fourth-order valence-electron chi connectivity index (χ4n) is 4.74. The number of carbonyl (C=O) groups is 2. The van der Waals surface area contributed by atoms with Gasteiger partial charge in [0.05, 0.1) is 27.0 Å². The number of ether oxygens (including phenoxy) is 3. The molecule has 0 unspecified atom stereocenters. The maximum absolute atomic E-state index is 13.8. The van der Waals surface area contributed by atoms with Crippen molar-refractivity contribution in [1.82, 2.24) is 15.1 Å². The lowest BCUT2D eigenvalue weighted by molar-refractivity contribution is -0.129. The standard InChI is InChI=1S/C28H30N4O5/c1-5-26(33)32(25-14-17-31(30-25)21-9-12-22(35-2)13-10-21)28(15-6-7-16-28)27(34)29-19-20-8-11-23(36-3)18-24(20)37-4/h1,8-14,17-18H,6-7,15-16,19H2,2-4H3,(H,29,34). The maximum atomic E-state index is 13.8. The third kappa shape index (κ3) is 5.09. The van der Waals surface area contributed by atoms with E-state index in [1.54, 1.807) is 50.4 Å². The van der Waals surface area contributed by atoms with Crippen LogP contribution in [0.15, 0.2) is 54.7 Å². The lowest BCUT2D eigenvalue weighted by Gasteiger charge is -2.37.